The highest BCUT2D eigenvalue weighted by Crippen LogP contribution is 2.27. The number of ether oxygens (including phenoxy) is 1. The molecule has 32 heavy (non-hydrogen) atoms. The van der Waals surface area contributed by atoms with Gasteiger partial charge in [-0.25, -0.2) is 0 Å². The van der Waals surface area contributed by atoms with Crippen molar-refractivity contribution in [3.8, 4) is 22.9 Å². The van der Waals surface area contributed by atoms with Crippen LogP contribution in [-0.2, 0) is 12.4 Å². The van der Waals surface area contributed by atoms with Gasteiger partial charge in [-0.2, -0.15) is 16.3 Å². The average Bonchev–Trinajstić information content (AvgIpc) is 3.58. The third kappa shape index (κ3) is 4.44. The van der Waals surface area contributed by atoms with E-state index in [0.29, 0.717) is 29.9 Å². The number of nitrogens with zero attached hydrogens (tertiary/aromatic N) is 5. The first kappa shape index (κ1) is 20.5. The summed E-state index contributed by atoms with van der Waals surface area (Å²) in [6.07, 6.45) is 0. The van der Waals surface area contributed by atoms with E-state index in [9.17, 15) is 0 Å². The van der Waals surface area contributed by atoms with Crippen molar-refractivity contribution in [1.82, 2.24) is 24.9 Å². The Morgan fingerprint density at radius 3 is 2.69 bits per heavy atom. The predicted molar refractivity (Wildman–Crippen MR) is 124 cm³/mol. The standard InChI is InChI=1S/C23H19N5O2S2/c1-16-7-5-6-10-19(16)29-13-21-25-26-23(28(21)18-8-3-2-4-9-18)32-15-20-24-22(30-27-20)17-11-12-31-14-17/h2-12,14H,13,15H2,1H3. The van der Waals surface area contributed by atoms with E-state index < -0.39 is 0 Å². The zero-order valence-electron chi connectivity index (χ0n) is 17.2. The number of hydrogen-bond donors (Lipinski definition) is 0. The normalized spacial score (nSPS) is 11.0. The SMILES string of the molecule is Cc1ccccc1OCc1nnc(SCc2noc(-c3ccsc3)n2)n1-c1ccccc1. The number of aromatic nitrogens is 5. The second kappa shape index (κ2) is 9.37. The van der Waals surface area contributed by atoms with Crippen LogP contribution in [0.1, 0.15) is 17.2 Å². The molecule has 0 bridgehead atoms. The van der Waals surface area contributed by atoms with Gasteiger partial charge in [0.1, 0.15) is 12.4 Å². The van der Waals surface area contributed by atoms with Gasteiger partial charge < -0.3 is 9.26 Å². The zero-order chi connectivity index (χ0) is 21.8. The number of thiophene rings is 1. The summed E-state index contributed by atoms with van der Waals surface area (Å²) in [5, 5.41) is 17.6. The predicted octanol–water partition coefficient (Wildman–Crippen LogP) is 5.56. The van der Waals surface area contributed by atoms with Crippen LogP contribution in [-0.4, -0.2) is 24.9 Å². The van der Waals surface area contributed by atoms with Crippen LogP contribution in [0.25, 0.3) is 17.1 Å². The third-order valence-corrected chi connectivity index (χ3v) is 6.34. The molecule has 5 rings (SSSR count). The van der Waals surface area contributed by atoms with Gasteiger partial charge in [0.25, 0.3) is 5.89 Å². The molecule has 0 spiro atoms. The van der Waals surface area contributed by atoms with E-state index in [0.717, 1.165) is 27.7 Å². The van der Waals surface area contributed by atoms with E-state index in [4.69, 9.17) is 9.26 Å². The first-order chi connectivity index (χ1) is 15.8. The number of para-hydroxylation sites is 2. The Kier molecular flexibility index (Phi) is 6.00. The van der Waals surface area contributed by atoms with Crippen molar-refractivity contribution in [2.75, 3.05) is 0 Å². The summed E-state index contributed by atoms with van der Waals surface area (Å²) in [4.78, 5) is 4.49. The van der Waals surface area contributed by atoms with Crippen molar-refractivity contribution in [3.63, 3.8) is 0 Å². The molecule has 0 aliphatic rings. The first-order valence-corrected chi connectivity index (χ1v) is 11.9. The summed E-state index contributed by atoms with van der Waals surface area (Å²) < 4.78 is 13.4. The van der Waals surface area contributed by atoms with Crippen LogP contribution in [0.5, 0.6) is 5.75 Å². The second-order valence-electron chi connectivity index (χ2n) is 6.94. The van der Waals surface area contributed by atoms with Crippen LogP contribution >= 0.6 is 23.1 Å². The molecule has 3 heterocycles. The lowest BCUT2D eigenvalue weighted by Gasteiger charge is -2.11. The summed E-state index contributed by atoms with van der Waals surface area (Å²) in [6, 6.07) is 19.9. The molecule has 160 valence electrons. The molecule has 5 aromatic rings. The lowest BCUT2D eigenvalue weighted by Crippen LogP contribution is -2.07. The Bertz CT molecular complexity index is 1300. The number of rotatable bonds is 8. The van der Waals surface area contributed by atoms with E-state index in [-0.39, 0.29) is 0 Å². The molecule has 0 fully saturated rings. The minimum atomic E-state index is 0.303. The first-order valence-electron chi connectivity index (χ1n) is 9.94. The van der Waals surface area contributed by atoms with Gasteiger partial charge in [-0.05, 0) is 42.1 Å². The van der Waals surface area contributed by atoms with Crippen molar-refractivity contribution >= 4 is 23.1 Å². The Morgan fingerprint density at radius 1 is 1.03 bits per heavy atom. The minimum absolute atomic E-state index is 0.303. The second-order valence-corrected chi connectivity index (χ2v) is 8.66. The highest BCUT2D eigenvalue weighted by molar-refractivity contribution is 7.98. The fourth-order valence-electron chi connectivity index (χ4n) is 3.13. The molecule has 7 nitrogen and oxygen atoms in total. The summed E-state index contributed by atoms with van der Waals surface area (Å²) >= 11 is 3.10. The van der Waals surface area contributed by atoms with Gasteiger partial charge in [0, 0.05) is 11.1 Å². The fraction of sp³-hybridized carbons (Fsp3) is 0.130. The van der Waals surface area contributed by atoms with Gasteiger partial charge in [0.2, 0.25) is 0 Å². The van der Waals surface area contributed by atoms with E-state index in [1.165, 1.54) is 11.8 Å². The number of thioether (sulfide) groups is 1. The fourth-order valence-corrected chi connectivity index (χ4v) is 4.57. The molecular weight excluding hydrogens is 442 g/mol. The third-order valence-electron chi connectivity index (χ3n) is 4.73. The van der Waals surface area contributed by atoms with Crippen LogP contribution < -0.4 is 4.74 Å². The molecule has 3 aromatic heterocycles. The van der Waals surface area contributed by atoms with E-state index in [2.05, 4.69) is 20.3 Å². The molecule has 0 saturated carbocycles. The van der Waals surface area contributed by atoms with Crippen molar-refractivity contribution in [3.05, 3.63) is 88.6 Å². The summed E-state index contributed by atoms with van der Waals surface area (Å²) in [5.41, 5.74) is 2.98. The highest BCUT2D eigenvalue weighted by Gasteiger charge is 2.17. The molecule has 9 heteroatoms. The Hall–Kier alpha value is -3.43. The van der Waals surface area contributed by atoms with Crippen molar-refractivity contribution < 1.29 is 9.26 Å². The lowest BCUT2D eigenvalue weighted by molar-refractivity contribution is 0.291. The average molecular weight is 462 g/mol. The van der Waals surface area contributed by atoms with E-state index in [1.807, 2.05) is 82.9 Å². The topological polar surface area (TPSA) is 78.9 Å². The van der Waals surface area contributed by atoms with Crippen LogP contribution in [0.15, 0.2) is 81.1 Å². The zero-order valence-corrected chi connectivity index (χ0v) is 18.8. The number of benzene rings is 2. The van der Waals surface area contributed by atoms with Gasteiger partial charge >= 0.3 is 0 Å². The van der Waals surface area contributed by atoms with Crippen LogP contribution in [0.4, 0.5) is 0 Å². The van der Waals surface area contributed by atoms with Gasteiger partial charge in [0.15, 0.2) is 16.8 Å². The molecule has 0 radical (unpaired) electrons. The Labute approximate surface area is 193 Å². The van der Waals surface area contributed by atoms with Crippen LogP contribution in [0, 0.1) is 6.92 Å². The minimum Gasteiger partial charge on any atom is -0.485 e. The maximum atomic E-state index is 6.03. The van der Waals surface area contributed by atoms with Crippen LogP contribution in [0.2, 0.25) is 0 Å². The van der Waals surface area contributed by atoms with Crippen LogP contribution in [0.3, 0.4) is 0 Å². The van der Waals surface area contributed by atoms with Gasteiger partial charge in [0.05, 0.1) is 11.3 Å². The van der Waals surface area contributed by atoms with E-state index >= 15 is 0 Å². The summed E-state index contributed by atoms with van der Waals surface area (Å²) in [5.74, 6) is 3.19. The summed E-state index contributed by atoms with van der Waals surface area (Å²) in [7, 11) is 0. The molecule has 0 unspecified atom stereocenters. The number of hydrogen-bond acceptors (Lipinski definition) is 8. The van der Waals surface area contributed by atoms with E-state index in [1.54, 1.807) is 11.3 Å². The van der Waals surface area contributed by atoms with Gasteiger partial charge in [-0.15, -0.1) is 10.2 Å². The van der Waals surface area contributed by atoms with Gasteiger partial charge in [-0.1, -0.05) is 53.3 Å². The number of aryl methyl sites for hydroxylation is 1. The Morgan fingerprint density at radius 2 is 1.88 bits per heavy atom. The molecule has 0 atom stereocenters. The van der Waals surface area contributed by atoms with Gasteiger partial charge in [-0.3, -0.25) is 4.57 Å². The highest BCUT2D eigenvalue weighted by atomic mass is 32.2. The summed E-state index contributed by atoms with van der Waals surface area (Å²) in [6.45, 7) is 2.33. The molecule has 0 aliphatic heterocycles. The van der Waals surface area contributed by atoms with Crippen molar-refractivity contribution in [2.24, 2.45) is 0 Å². The maximum absolute atomic E-state index is 6.03. The quantitative estimate of drug-likeness (QED) is 0.280. The van der Waals surface area contributed by atoms with Crippen molar-refractivity contribution in [2.45, 2.75) is 24.4 Å². The van der Waals surface area contributed by atoms with Crippen molar-refractivity contribution in [1.29, 1.82) is 0 Å². The molecule has 0 saturated heterocycles. The molecule has 0 aliphatic carbocycles. The lowest BCUT2D eigenvalue weighted by atomic mass is 10.2. The molecule has 0 N–H and O–H groups in total. The maximum Gasteiger partial charge on any atom is 0.258 e. The smallest absolute Gasteiger partial charge is 0.258 e. The Balaban J connectivity index is 1.37. The largest absolute Gasteiger partial charge is 0.485 e. The monoisotopic (exact) mass is 461 g/mol. The molecule has 2 aromatic carbocycles. The molecule has 0 amide bonds. The molecular formula is C23H19N5O2S2.